The van der Waals surface area contributed by atoms with Crippen molar-refractivity contribution in [1.82, 2.24) is 25.2 Å². The van der Waals surface area contributed by atoms with Gasteiger partial charge < -0.3 is 5.73 Å². The molecule has 0 saturated heterocycles. The van der Waals surface area contributed by atoms with Crippen LogP contribution in [0.3, 0.4) is 0 Å². The smallest absolute Gasteiger partial charge is 0.209 e. The maximum Gasteiger partial charge on any atom is 0.209 e. The van der Waals surface area contributed by atoms with Crippen LogP contribution in [0.15, 0.2) is 35.6 Å². The number of pyridine rings is 1. The molecule has 2 heterocycles. The minimum Gasteiger partial charge on any atom is -0.398 e. The van der Waals surface area contributed by atoms with Gasteiger partial charge in [-0.05, 0) is 34.2 Å². The normalized spacial score (nSPS) is 11.0. The Morgan fingerprint density at radius 2 is 2.21 bits per heavy atom. The first-order chi connectivity index (χ1) is 9.25. The van der Waals surface area contributed by atoms with Gasteiger partial charge in [-0.3, -0.25) is 4.98 Å². The number of aromatic nitrogens is 5. The molecule has 0 aliphatic heterocycles. The molecule has 96 valence electrons. The van der Waals surface area contributed by atoms with E-state index in [1.54, 1.807) is 22.6 Å². The highest BCUT2D eigenvalue weighted by molar-refractivity contribution is 7.98. The Hall–Kier alpha value is -2.15. The standard InChI is InChI=1S/C12H12N6S/c1-18-12(15-16-17-18)19-7-8-4-5-10(13)9-3-2-6-14-11(8)9/h2-6H,7,13H2,1H3. The number of tetrazole rings is 1. The van der Waals surface area contributed by atoms with Gasteiger partial charge in [0.1, 0.15) is 0 Å². The van der Waals surface area contributed by atoms with Crippen molar-refractivity contribution < 1.29 is 0 Å². The molecular formula is C12H12N6S. The molecule has 0 bridgehead atoms. The number of nitrogens with two attached hydrogens (primary N) is 1. The monoisotopic (exact) mass is 272 g/mol. The van der Waals surface area contributed by atoms with Gasteiger partial charge in [-0.15, -0.1) is 5.10 Å². The van der Waals surface area contributed by atoms with E-state index in [9.17, 15) is 0 Å². The Morgan fingerprint density at radius 3 is 3.00 bits per heavy atom. The van der Waals surface area contributed by atoms with E-state index in [0.717, 1.165) is 33.1 Å². The van der Waals surface area contributed by atoms with Gasteiger partial charge in [0.2, 0.25) is 5.16 Å². The van der Waals surface area contributed by atoms with E-state index >= 15 is 0 Å². The fraction of sp³-hybridized carbons (Fsp3) is 0.167. The van der Waals surface area contributed by atoms with E-state index in [1.165, 1.54) is 0 Å². The van der Waals surface area contributed by atoms with Gasteiger partial charge in [-0.25, -0.2) is 4.68 Å². The van der Waals surface area contributed by atoms with Gasteiger partial charge in [-0.1, -0.05) is 17.8 Å². The molecule has 2 aromatic heterocycles. The Bertz CT molecular complexity index is 723. The minimum absolute atomic E-state index is 0.747. The third-order valence-corrected chi connectivity index (χ3v) is 3.88. The number of nitrogen functional groups attached to an aromatic ring is 1. The number of fused-ring (bicyclic) bond motifs is 1. The fourth-order valence-corrected chi connectivity index (χ4v) is 2.69. The number of benzene rings is 1. The molecule has 0 aliphatic carbocycles. The van der Waals surface area contributed by atoms with Crippen molar-refractivity contribution in [3.63, 3.8) is 0 Å². The van der Waals surface area contributed by atoms with Crippen LogP contribution in [0.1, 0.15) is 5.56 Å². The van der Waals surface area contributed by atoms with E-state index in [1.807, 2.05) is 31.3 Å². The predicted octanol–water partition coefficient (Wildman–Crippen LogP) is 1.63. The molecule has 0 fully saturated rings. The number of rotatable bonds is 3. The van der Waals surface area contributed by atoms with Crippen LogP contribution in [0.2, 0.25) is 0 Å². The zero-order valence-electron chi connectivity index (χ0n) is 10.3. The first-order valence-electron chi connectivity index (χ1n) is 5.73. The summed E-state index contributed by atoms with van der Waals surface area (Å²) in [6.45, 7) is 0. The minimum atomic E-state index is 0.747. The average molecular weight is 272 g/mol. The molecule has 1 aromatic carbocycles. The van der Waals surface area contributed by atoms with Crippen LogP contribution in [-0.2, 0) is 12.8 Å². The van der Waals surface area contributed by atoms with Gasteiger partial charge >= 0.3 is 0 Å². The summed E-state index contributed by atoms with van der Waals surface area (Å²) >= 11 is 1.57. The molecular weight excluding hydrogens is 260 g/mol. The summed E-state index contributed by atoms with van der Waals surface area (Å²) in [6, 6.07) is 7.79. The summed E-state index contributed by atoms with van der Waals surface area (Å²) in [4.78, 5) is 4.41. The lowest BCUT2D eigenvalue weighted by Crippen LogP contribution is -1.95. The largest absolute Gasteiger partial charge is 0.398 e. The third-order valence-electron chi connectivity index (χ3n) is 2.82. The lowest BCUT2D eigenvalue weighted by molar-refractivity contribution is 0.664. The molecule has 6 nitrogen and oxygen atoms in total. The first kappa shape index (κ1) is 11.9. The highest BCUT2D eigenvalue weighted by atomic mass is 32.2. The second kappa shape index (κ2) is 4.85. The molecule has 2 N–H and O–H groups in total. The highest BCUT2D eigenvalue weighted by Crippen LogP contribution is 2.27. The molecule has 0 aliphatic rings. The summed E-state index contributed by atoms with van der Waals surface area (Å²) in [7, 11) is 1.82. The average Bonchev–Trinajstić information content (AvgIpc) is 2.84. The van der Waals surface area contributed by atoms with Crippen LogP contribution < -0.4 is 5.73 Å². The molecule has 7 heteroatoms. The Balaban J connectivity index is 1.93. The third kappa shape index (κ3) is 2.24. The molecule has 0 spiro atoms. The zero-order chi connectivity index (χ0) is 13.2. The van der Waals surface area contributed by atoms with Crippen molar-refractivity contribution in [2.75, 3.05) is 5.73 Å². The maximum absolute atomic E-state index is 5.96. The van der Waals surface area contributed by atoms with Crippen molar-refractivity contribution in [3.05, 3.63) is 36.0 Å². The van der Waals surface area contributed by atoms with Gasteiger partial charge in [0.25, 0.3) is 0 Å². The van der Waals surface area contributed by atoms with Crippen molar-refractivity contribution >= 4 is 28.4 Å². The summed E-state index contributed by atoms with van der Waals surface area (Å²) < 4.78 is 1.65. The molecule has 0 radical (unpaired) electrons. The molecule has 0 saturated carbocycles. The van der Waals surface area contributed by atoms with E-state index in [2.05, 4.69) is 20.5 Å². The number of hydrogen-bond acceptors (Lipinski definition) is 6. The maximum atomic E-state index is 5.96. The van der Waals surface area contributed by atoms with Crippen LogP contribution in [0.4, 0.5) is 5.69 Å². The zero-order valence-corrected chi connectivity index (χ0v) is 11.1. The van der Waals surface area contributed by atoms with Crippen LogP contribution in [0.25, 0.3) is 10.9 Å². The summed E-state index contributed by atoms with van der Waals surface area (Å²) in [6.07, 6.45) is 1.78. The number of hydrogen-bond donors (Lipinski definition) is 1. The molecule has 3 rings (SSSR count). The quantitative estimate of drug-likeness (QED) is 0.576. The summed E-state index contributed by atoms with van der Waals surface area (Å²) in [5.41, 5.74) is 8.76. The van der Waals surface area contributed by atoms with Crippen molar-refractivity contribution in [1.29, 1.82) is 0 Å². The molecule has 0 atom stereocenters. The van der Waals surface area contributed by atoms with E-state index in [0.29, 0.717) is 0 Å². The van der Waals surface area contributed by atoms with Crippen molar-refractivity contribution in [2.24, 2.45) is 7.05 Å². The molecule has 19 heavy (non-hydrogen) atoms. The Labute approximate surface area is 114 Å². The van der Waals surface area contributed by atoms with E-state index in [-0.39, 0.29) is 0 Å². The van der Waals surface area contributed by atoms with Gasteiger partial charge in [-0.2, -0.15) is 0 Å². The topological polar surface area (TPSA) is 82.5 Å². The lowest BCUT2D eigenvalue weighted by Gasteiger charge is -2.07. The molecule has 0 amide bonds. The summed E-state index contributed by atoms with van der Waals surface area (Å²) in [5.74, 6) is 0.752. The van der Waals surface area contributed by atoms with Crippen molar-refractivity contribution in [3.8, 4) is 0 Å². The molecule has 0 unspecified atom stereocenters. The second-order valence-corrected chi connectivity index (χ2v) is 5.03. The molecule has 3 aromatic rings. The van der Waals surface area contributed by atoms with Gasteiger partial charge in [0, 0.05) is 30.1 Å². The number of nitrogens with zero attached hydrogens (tertiary/aromatic N) is 5. The fourth-order valence-electron chi connectivity index (χ4n) is 1.86. The van der Waals surface area contributed by atoms with Crippen LogP contribution in [0.5, 0.6) is 0 Å². The van der Waals surface area contributed by atoms with Crippen LogP contribution >= 0.6 is 11.8 Å². The van der Waals surface area contributed by atoms with Crippen molar-refractivity contribution in [2.45, 2.75) is 10.9 Å². The second-order valence-electron chi connectivity index (χ2n) is 4.09. The Kier molecular flexibility index (Phi) is 3.04. The van der Waals surface area contributed by atoms with Gasteiger partial charge in [0.15, 0.2) is 0 Å². The predicted molar refractivity (Wildman–Crippen MR) is 74.5 cm³/mol. The number of aryl methyl sites for hydroxylation is 1. The van der Waals surface area contributed by atoms with Gasteiger partial charge in [0.05, 0.1) is 5.52 Å². The number of thioether (sulfide) groups is 1. The highest BCUT2D eigenvalue weighted by Gasteiger charge is 2.08. The SMILES string of the molecule is Cn1nnnc1SCc1ccc(N)c2cccnc12. The van der Waals surface area contributed by atoms with Crippen LogP contribution in [0, 0.1) is 0 Å². The first-order valence-corrected chi connectivity index (χ1v) is 6.71. The number of anilines is 1. The Morgan fingerprint density at radius 1 is 1.32 bits per heavy atom. The lowest BCUT2D eigenvalue weighted by atomic mass is 10.1. The summed E-state index contributed by atoms with van der Waals surface area (Å²) in [5, 5.41) is 13.1. The van der Waals surface area contributed by atoms with Crippen LogP contribution in [-0.4, -0.2) is 25.2 Å². The van der Waals surface area contributed by atoms with E-state index in [4.69, 9.17) is 5.73 Å². The van der Waals surface area contributed by atoms with E-state index < -0.39 is 0 Å².